The van der Waals surface area contributed by atoms with E-state index < -0.39 is 0 Å². The van der Waals surface area contributed by atoms with Gasteiger partial charge in [0.15, 0.2) is 0 Å². The molecule has 0 fully saturated rings. The number of benzene rings is 3. The SMILES string of the molecule is COc1ccc([C@@H]2C[C@H](c3ccccc3OC)n3ncnc3N2C(=O)c2cccc(C)c2)cc1. The molecule has 1 aromatic heterocycles. The first-order valence-corrected chi connectivity index (χ1v) is 11.2. The third-order valence-corrected chi connectivity index (χ3v) is 6.31. The van der Waals surface area contributed by atoms with Crippen molar-refractivity contribution in [2.45, 2.75) is 25.4 Å². The molecular formula is C27H26N4O3. The van der Waals surface area contributed by atoms with Crippen molar-refractivity contribution in [3.63, 3.8) is 0 Å². The molecule has 2 heterocycles. The molecule has 0 N–H and O–H groups in total. The number of aromatic nitrogens is 3. The number of amides is 1. The zero-order valence-corrected chi connectivity index (χ0v) is 19.4. The largest absolute Gasteiger partial charge is 0.497 e. The first-order chi connectivity index (χ1) is 16.6. The second-order valence-electron chi connectivity index (χ2n) is 8.33. The zero-order valence-electron chi connectivity index (χ0n) is 19.4. The van der Waals surface area contributed by atoms with Crippen LogP contribution in [0, 0.1) is 6.92 Å². The molecule has 4 aromatic rings. The summed E-state index contributed by atoms with van der Waals surface area (Å²) in [5.41, 5.74) is 3.63. The fourth-order valence-corrected chi connectivity index (χ4v) is 4.65. The van der Waals surface area contributed by atoms with E-state index in [4.69, 9.17) is 9.47 Å². The third kappa shape index (κ3) is 3.79. The second kappa shape index (κ2) is 9.02. The molecule has 7 heteroatoms. The quantitative estimate of drug-likeness (QED) is 0.425. The molecule has 2 atom stereocenters. The average molecular weight is 455 g/mol. The summed E-state index contributed by atoms with van der Waals surface area (Å²) in [5, 5.41) is 4.53. The van der Waals surface area contributed by atoms with Gasteiger partial charge in [0.25, 0.3) is 5.91 Å². The van der Waals surface area contributed by atoms with Gasteiger partial charge in [0, 0.05) is 11.1 Å². The summed E-state index contributed by atoms with van der Waals surface area (Å²) in [5.74, 6) is 1.94. The fraction of sp³-hybridized carbons (Fsp3) is 0.222. The minimum atomic E-state index is -0.259. The van der Waals surface area contributed by atoms with Crippen molar-refractivity contribution >= 4 is 11.9 Å². The highest BCUT2D eigenvalue weighted by molar-refractivity contribution is 6.06. The molecule has 0 unspecified atom stereocenters. The fourth-order valence-electron chi connectivity index (χ4n) is 4.65. The van der Waals surface area contributed by atoms with E-state index in [0.717, 1.165) is 28.2 Å². The van der Waals surface area contributed by atoms with E-state index in [2.05, 4.69) is 10.1 Å². The van der Waals surface area contributed by atoms with Crippen molar-refractivity contribution in [2.24, 2.45) is 0 Å². The molecular weight excluding hydrogens is 428 g/mol. The van der Waals surface area contributed by atoms with Gasteiger partial charge in [0.2, 0.25) is 5.95 Å². The Morgan fingerprint density at radius 2 is 1.74 bits per heavy atom. The Balaban J connectivity index is 1.66. The normalized spacial score (nSPS) is 17.2. The van der Waals surface area contributed by atoms with Crippen LogP contribution in [0.4, 0.5) is 5.95 Å². The predicted octanol–water partition coefficient (Wildman–Crippen LogP) is 4.98. The van der Waals surface area contributed by atoms with Gasteiger partial charge in [-0.2, -0.15) is 10.1 Å². The maximum atomic E-state index is 13.9. The van der Waals surface area contributed by atoms with Crippen LogP contribution in [0.3, 0.4) is 0 Å². The van der Waals surface area contributed by atoms with Crippen molar-refractivity contribution < 1.29 is 14.3 Å². The van der Waals surface area contributed by atoms with Gasteiger partial charge in [-0.1, -0.05) is 48.0 Å². The molecule has 34 heavy (non-hydrogen) atoms. The summed E-state index contributed by atoms with van der Waals surface area (Å²) in [4.78, 5) is 20.2. The molecule has 0 saturated carbocycles. The maximum Gasteiger partial charge on any atom is 0.261 e. The number of fused-ring (bicyclic) bond motifs is 1. The van der Waals surface area contributed by atoms with E-state index in [1.54, 1.807) is 19.1 Å². The van der Waals surface area contributed by atoms with Crippen LogP contribution < -0.4 is 14.4 Å². The van der Waals surface area contributed by atoms with E-state index in [1.807, 2.05) is 84.4 Å². The average Bonchev–Trinajstić information content (AvgIpc) is 3.37. The highest BCUT2D eigenvalue weighted by atomic mass is 16.5. The predicted molar refractivity (Wildman–Crippen MR) is 129 cm³/mol. The Morgan fingerprint density at radius 1 is 0.941 bits per heavy atom. The van der Waals surface area contributed by atoms with Crippen LogP contribution in [0.1, 0.15) is 45.6 Å². The Kier molecular flexibility index (Phi) is 5.76. The number of nitrogens with zero attached hydrogens (tertiary/aromatic N) is 4. The molecule has 3 aromatic carbocycles. The van der Waals surface area contributed by atoms with Crippen LogP contribution in [0.25, 0.3) is 0 Å². The minimum absolute atomic E-state index is 0.114. The first kappa shape index (κ1) is 21.7. The van der Waals surface area contributed by atoms with E-state index in [9.17, 15) is 4.79 Å². The van der Waals surface area contributed by atoms with Gasteiger partial charge < -0.3 is 9.47 Å². The number of hydrogen-bond acceptors (Lipinski definition) is 5. The number of aryl methyl sites for hydroxylation is 1. The van der Waals surface area contributed by atoms with Gasteiger partial charge in [0.1, 0.15) is 17.8 Å². The van der Waals surface area contributed by atoms with Crippen molar-refractivity contribution in [1.82, 2.24) is 14.8 Å². The van der Waals surface area contributed by atoms with Crippen molar-refractivity contribution in [3.05, 3.63) is 101 Å². The topological polar surface area (TPSA) is 69.5 Å². The summed E-state index contributed by atoms with van der Waals surface area (Å²) in [6.07, 6.45) is 2.12. The number of ether oxygens (including phenoxy) is 2. The van der Waals surface area contributed by atoms with Gasteiger partial charge in [-0.3, -0.25) is 9.69 Å². The highest BCUT2D eigenvalue weighted by Gasteiger charge is 2.40. The lowest BCUT2D eigenvalue weighted by atomic mass is 9.91. The van der Waals surface area contributed by atoms with Gasteiger partial charge in [0.05, 0.1) is 26.3 Å². The van der Waals surface area contributed by atoms with Crippen LogP contribution >= 0.6 is 0 Å². The number of hydrogen-bond donors (Lipinski definition) is 0. The molecule has 0 bridgehead atoms. The van der Waals surface area contributed by atoms with Gasteiger partial charge in [-0.05, 0) is 49.2 Å². The lowest BCUT2D eigenvalue weighted by Crippen LogP contribution is -2.42. The maximum absolute atomic E-state index is 13.9. The third-order valence-electron chi connectivity index (χ3n) is 6.31. The molecule has 7 nitrogen and oxygen atoms in total. The molecule has 1 amide bonds. The molecule has 1 aliphatic rings. The Labute approximate surface area is 198 Å². The Bertz CT molecular complexity index is 1320. The number of carbonyl (C=O) groups is 1. The van der Waals surface area contributed by atoms with Crippen LogP contribution in [-0.2, 0) is 0 Å². The lowest BCUT2D eigenvalue weighted by Gasteiger charge is -2.39. The molecule has 5 rings (SSSR count). The summed E-state index contributed by atoms with van der Waals surface area (Å²) in [6, 6.07) is 23.0. The number of methoxy groups -OCH3 is 2. The number of rotatable bonds is 5. The van der Waals surface area contributed by atoms with E-state index in [-0.39, 0.29) is 18.0 Å². The molecule has 1 aliphatic heterocycles. The monoisotopic (exact) mass is 454 g/mol. The Hall–Kier alpha value is -4.13. The molecule has 0 spiro atoms. The number of carbonyl (C=O) groups excluding carboxylic acids is 1. The molecule has 172 valence electrons. The lowest BCUT2D eigenvalue weighted by molar-refractivity contribution is 0.0963. The molecule has 0 saturated heterocycles. The molecule has 0 radical (unpaired) electrons. The summed E-state index contributed by atoms with van der Waals surface area (Å²) >= 11 is 0. The van der Waals surface area contributed by atoms with Crippen LogP contribution in [0.15, 0.2) is 79.1 Å². The number of para-hydroxylation sites is 1. The summed E-state index contributed by atoms with van der Waals surface area (Å²) in [6.45, 7) is 1.98. The van der Waals surface area contributed by atoms with Crippen molar-refractivity contribution in [1.29, 1.82) is 0 Å². The number of anilines is 1. The van der Waals surface area contributed by atoms with Gasteiger partial charge in [-0.25, -0.2) is 4.68 Å². The van der Waals surface area contributed by atoms with E-state index in [1.165, 1.54) is 6.33 Å². The van der Waals surface area contributed by atoms with Gasteiger partial charge >= 0.3 is 0 Å². The standard InChI is InChI=1S/C27H26N4O3/c1-18-7-6-8-20(15-18)26(32)30-23(19-11-13-21(33-2)14-12-19)16-24(31-27(30)28-17-29-31)22-9-4-5-10-25(22)34-3/h4-15,17,23-24H,16H2,1-3H3/t23-,24+/m0/s1. The summed E-state index contributed by atoms with van der Waals surface area (Å²) < 4.78 is 12.8. The molecule has 0 aliphatic carbocycles. The summed E-state index contributed by atoms with van der Waals surface area (Å²) in [7, 11) is 3.31. The van der Waals surface area contributed by atoms with Crippen molar-refractivity contribution in [2.75, 3.05) is 19.1 Å². The smallest absolute Gasteiger partial charge is 0.261 e. The minimum Gasteiger partial charge on any atom is -0.497 e. The first-order valence-electron chi connectivity index (χ1n) is 11.2. The second-order valence-corrected chi connectivity index (χ2v) is 8.33. The zero-order chi connectivity index (χ0) is 23.7. The van der Waals surface area contributed by atoms with Crippen LogP contribution in [0.5, 0.6) is 11.5 Å². The van der Waals surface area contributed by atoms with E-state index in [0.29, 0.717) is 17.9 Å². The van der Waals surface area contributed by atoms with Crippen LogP contribution in [-0.4, -0.2) is 34.9 Å². The Morgan fingerprint density at radius 3 is 2.47 bits per heavy atom. The van der Waals surface area contributed by atoms with Crippen LogP contribution in [0.2, 0.25) is 0 Å². The van der Waals surface area contributed by atoms with E-state index >= 15 is 0 Å². The van der Waals surface area contributed by atoms with Crippen molar-refractivity contribution in [3.8, 4) is 11.5 Å². The van der Waals surface area contributed by atoms with Gasteiger partial charge in [-0.15, -0.1) is 0 Å². The highest BCUT2D eigenvalue weighted by Crippen LogP contribution is 2.44.